The van der Waals surface area contributed by atoms with Gasteiger partial charge in [-0.3, -0.25) is 0 Å². The molecule has 0 unspecified atom stereocenters. The number of carboxylic acids is 1. The lowest BCUT2D eigenvalue weighted by Crippen LogP contribution is -2.15. The average Bonchev–Trinajstić information content (AvgIpc) is 2.67. The first-order chi connectivity index (χ1) is 12.2. The van der Waals surface area contributed by atoms with Crippen LogP contribution in [0.4, 0.5) is 0 Å². The molecule has 0 radical (unpaired) electrons. The fourth-order valence-electron chi connectivity index (χ4n) is 3.06. The molecule has 1 aromatic heterocycles. The fourth-order valence-corrected chi connectivity index (χ4v) is 3.06. The molecule has 6 heteroatoms. The van der Waals surface area contributed by atoms with Crippen LogP contribution in [0.1, 0.15) is 48.2 Å². The Morgan fingerprint density at radius 3 is 2.80 bits per heavy atom. The third-order valence-electron chi connectivity index (χ3n) is 4.43. The first-order valence-corrected chi connectivity index (χ1v) is 8.41. The van der Waals surface area contributed by atoms with E-state index in [2.05, 4.69) is 16.0 Å². The van der Waals surface area contributed by atoms with Crippen LogP contribution in [0.3, 0.4) is 0 Å². The lowest BCUT2D eigenvalue weighted by Gasteiger charge is -2.22. The molecule has 0 bridgehead atoms. The topological polar surface area (TPSA) is 96.1 Å². The first kappa shape index (κ1) is 16.9. The first-order valence-electron chi connectivity index (χ1n) is 8.41. The molecule has 1 aromatic carbocycles. The van der Waals surface area contributed by atoms with Crippen molar-refractivity contribution in [1.29, 1.82) is 5.26 Å². The van der Waals surface area contributed by atoms with Gasteiger partial charge in [0.1, 0.15) is 11.8 Å². The molecule has 1 fully saturated rings. The number of rotatable bonds is 5. The van der Waals surface area contributed by atoms with Crippen LogP contribution in [-0.2, 0) is 0 Å². The van der Waals surface area contributed by atoms with Gasteiger partial charge in [-0.1, -0.05) is 19.3 Å². The monoisotopic (exact) mass is 337 g/mol. The van der Waals surface area contributed by atoms with E-state index in [1.807, 2.05) is 0 Å². The van der Waals surface area contributed by atoms with Crippen LogP contribution in [0.5, 0.6) is 5.75 Å². The molecule has 128 valence electrons. The van der Waals surface area contributed by atoms with Gasteiger partial charge in [0.25, 0.3) is 0 Å². The molecule has 0 aliphatic heterocycles. The van der Waals surface area contributed by atoms with Gasteiger partial charge in [0.2, 0.25) is 0 Å². The van der Waals surface area contributed by atoms with Gasteiger partial charge in [0.05, 0.1) is 12.2 Å². The second kappa shape index (κ2) is 7.75. The van der Waals surface area contributed by atoms with Crippen molar-refractivity contribution in [2.45, 2.75) is 32.1 Å². The number of ether oxygens (including phenoxy) is 1. The largest absolute Gasteiger partial charge is 0.492 e. The zero-order valence-corrected chi connectivity index (χ0v) is 13.8. The van der Waals surface area contributed by atoms with Crippen molar-refractivity contribution in [3.63, 3.8) is 0 Å². The summed E-state index contributed by atoms with van der Waals surface area (Å²) in [6, 6.07) is 8.58. The number of carbonyl (C=O) groups is 1. The third kappa shape index (κ3) is 4.13. The quantitative estimate of drug-likeness (QED) is 0.894. The van der Waals surface area contributed by atoms with E-state index in [1.54, 1.807) is 18.2 Å². The Labute approximate surface area is 146 Å². The number of nitriles is 1. The van der Waals surface area contributed by atoms with Gasteiger partial charge >= 0.3 is 5.97 Å². The molecule has 0 saturated heterocycles. The Kier molecular flexibility index (Phi) is 5.24. The summed E-state index contributed by atoms with van der Waals surface area (Å²) < 4.78 is 5.86. The summed E-state index contributed by atoms with van der Waals surface area (Å²) in [5.41, 5.74) is 0.906. The molecule has 25 heavy (non-hydrogen) atoms. The Morgan fingerprint density at radius 1 is 1.28 bits per heavy atom. The number of aromatic carboxylic acids is 1. The Bertz CT molecular complexity index is 808. The maximum absolute atomic E-state index is 11.0. The molecular weight excluding hydrogens is 318 g/mol. The number of hydrogen-bond acceptors (Lipinski definition) is 5. The zero-order chi connectivity index (χ0) is 17.6. The van der Waals surface area contributed by atoms with Crippen molar-refractivity contribution in [2.75, 3.05) is 6.61 Å². The summed E-state index contributed by atoms with van der Waals surface area (Å²) >= 11 is 0. The lowest BCUT2D eigenvalue weighted by molar-refractivity contribution is 0.0690. The van der Waals surface area contributed by atoms with E-state index >= 15 is 0 Å². The zero-order valence-electron chi connectivity index (χ0n) is 13.8. The predicted molar refractivity (Wildman–Crippen MR) is 91.2 cm³/mol. The average molecular weight is 337 g/mol. The molecule has 3 rings (SSSR count). The van der Waals surface area contributed by atoms with E-state index in [4.69, 9.17) is 9.84 Å². The summed E-state index contributed by atoms with van der Waals surface area (Å²) in [5.74, 6) is 0.258. The minimum absolute atomic E-state index is 0.0823. The van der Waals surface area contributed by atoms with E-state index in [1.165, 1.54) is 44.4 Å². The maximum Gasteiger partial charge on any atom is 0.354 e. The normalized spacial score (nSPS) is 14.7. The SMILES string of the molecule is N#Cc1cc(-c2nccc(C(=O)O)n2)ccc1OCC1CCCCC1. The lowest BCUT2D eigenvalue weighted by atomic mass is 9.90. The summed E-state index contributed by atoms with van der Waals surface area (Å²) in [7, 11) is 0. The van der Waals surface area contributed by atoms with Crippen LogP contribution in [-0.4, -0.2) is 27.7 Å². The molecule has 1 saturated carbocycles. The van der Waals surface area contributed by atoms with Gasteiger partial charge < -0.3 is 9.84 Å². The molecule has 0 atom stereocenters. The highest BCUT2D eigenvalue weighted by Gasteiger charge is 2.16. The van der Waals surface area contributed by atoms with E-state index in [0.29, 0.717) is 29.4 Å². The molecule has 0 spiro atoms. The van der Waals surface area contributed by atoms with Crippen LogP contribution in [0.2, 0.25) is 0 Å². The predicted octanol–water partition coefficient (Wildman–Crippen LogP) is 3.67. The van der Waals surface area contributed by atoms with E-state index in [0.717, 1.165) is 0 Å². The number of aromatic nitrogens is 2. The second-order valence-electron chi connectivity index (χ2n) is 6.21. The molecule has 1 aliphatic rings. The standard InChI is InChI=1S/C19H19N3O3/c20-11-15-10-14(18-21-9-8-16(22-18)19(23)24)6-7-17(15)25-12-13-4-2-1-3-5-13/h6-10,13H,1-5,12H2,(H,23,24). The Morgan fingerprint density at radius 2 is 2.08 bits per heavy atom. The summed E-state index contributed by atoms with van der Waals surface area (Å²) in [6.45, 7) is 0.624. The summed E-state index contributed by atoms with van der Waals surface area (Å²) in [6.07, 6.45) is 7.53. The van der Waals surface area contributed by atoms with Crippen LogP contribution < -0.4 is 4.74 Å². The Balaban J connectivity index is 1.78. The number of benzene rings is 1. The van der Waals surface area contributed by atoms with E-state index < -0.39 is 5.97 Å². The second-order valence-corrected chi connectivity index (χ2v) is 6.21. The molecule has 0 amide bonds. The molecule has 6 nitrogen and oxygen atoms in total. The summed E-state index contributed by atoms with van der Waals surface area (Å²) in [5, 5.41) is 18.4. The van der Waals surface area contributed by atoms with Gasteiger partial charge in [-0.25, -0.2) is 14.8 Å². The van der Waals surface area contributed by atoms with Crippen molar-refractivity contribution in [1.82, 2.24) is 9.97 Å². The van der Waals surface area contributed by atoms with Gasteiger partial charge in [0.15, 0.2) is 11.5 Å². The highest BCUT2D eigenvalue weighted by Crippen LogP contribution is 2.28. The van der Waals surface area contributed by atoms with Crippen LogP contribution in [0, 0.1) is 17.2 Å². The minimum atomic E-state index is -1.11. The van der Waals surface area contributed by atoms with Crippen molar-refractivity contribution in [3.8, 4) is 23.2 Å². The molecular formula is C19H19N3O3. The van der Waals surface area contributed by atoms with E-state index in [9.17, 15) is 10.1 Å². The maximum atomic E-state index is 11.0. The van der Waals surface area contributed by atoms with Crippen molar-refractivity contribution < 1.29 is 14.6 Å². The number of carboxylic acid groups (broad SMARTS) is 1. The highest BCUT2D eigenvalue weighted by atomic mass is 16.5. The van der Waals surface area contributed by atoms with Crippen molar-refractivity contribution >= 4 is 5.97 Å². The van der Waals surface area contributed by atoms with Gasteiger partial charge in [-0.05, 0) is 43.0 Å². The van der Waals surface area contributed by atoms with E-state index in [-0.39, 0.29) is 11.5 Å². The molecule has 2 aromatic rings. The third-order valence-corrected chi connectivity index (χ3v) is 4.43. The van der Waals surface area contributed by atoms with Gasteiger partial charge in [-0.2, -0.15) is 5.26 Å². The van der Waals surface area contributed by atoms with Gasteiger partial charge in [-0.15, -0.1) is 0 Å². The van der Waals surface area contributed by atoms with Crippen molar-refractivity contribution in [2.24, 2.45) is 5.92 Å². The summed E-state index contributed by atoms with van der Waals surface area (Å²) in [4.78, 5) is 19.1. The minimum Gasteiger partial charge on any atom is -0.492 e. The van der Waals surface area contributed by atoms with Crippen LogP contribution in [0.15, 0.2) is 30.5 Å². The molecule has 1 heterocycles. The number of nitrogens with zero attached hydrogens (tertiary/aromatic N) is 3. The van der Waals surface area contributed by atoms with Gasteiger partial charge in [0, 0.05) is 11.8 Å². The smallest absolute Gasteiger partial charge is 0.354 e. The molecule has 1 N–H and O–H groups in total. The highest BCUT2D eigenvalue weighted by molar-refractivity contribution is 5.85. The number of hydrogen-bond donors (Lipinski definition) is 1. The molecule has 1 aliphatic carbocycles. The van der Waals surface area contributed by atoms with Crippen molar-refractivity contribution in [3.05, 3.63) is 41.7 Å². The van der Waals surface area contributed by atoms with Crippen LogP contribution >= 0.6 is 0 Å². The fraction of sp³-hybridized carbons (Fsp3) is 0.368. The van der Waals surface area contributed by atoms with Crippen LogP contribution in [0.25, 0.3) is 11.4 Å². The Hall–Kier alpha value is -2.94.